The third-order valence-corrected chi connectivity index (χ3v) is 6.18. The zero-order valence-electron chi connectivity index (χ0n) is 23.4. The maximum absolute atomic E-state index is 12.4. The number of carbonyl (C=O) groups is 4. The van der Waals surface area contributed by atoms with Crippen molar-refractivity contribution in [1.82, 2.24) is 10.6 Å². The molecule has 38 heavy (non-hydrogen) atoms. The Hall–Kier alpha value is -2.46. The second kappa shape index (κ2) is 20.5. The number of hydrogen-bond acceptors (Lipinski definition) is 10. The quantitative estimate of drug-likeness (QED) is 0.0815. The number of unbranched alkanes of at least 4 members (excludes halogenated alkanes) is 2. The summed E-state index contributed by atoms with van der Waals surface area (Å²) in [4.78, 5) is 49.0. The predicted molar refractivity (Wildman–Crippen MR) is 143 cm³/mol. The first kappa shape index (κ1) is 33.6. The van der Waals surface area contributed by atoms with Gasteiger partial charge in [-0.15, -0.1) is 0 Å². The van der Waals surface area contributed by atoms with E-state index in [-0.39, 0.29) is 45.7 Å². The summed E-state index contributed by atoms with van der Waals surface area (Å²) in [6.45, 7) is 9.12. The van der Waals surface area contributed by atoms with E-state index in [1.54, 1.807) is 0 Å². The topological polar surface area (TPSA) is 129 Å². The Bertz CT molecular complexity index is 694. The minimum absolute atomic E-state index is 0.149. The Kier molecular flexibility index (Phi) is 18.1. The van der Waals surface area contributed by atoms with Gasteiger partial charge in [-0.3, -0.25) is 14.4 Å². The fourth-order valence-corrected chi connectivity index (χ4v) is 3.41. The van der Waals surface area contributed by atoms with Crippen molar-refractivity contribution in [3.63, 3.8) is 0 Å². The van der Waals surface area contributed by atoms with Crippen LogP contribution in [0.5, 0.6) is 0 Å². The van der Waals surface area contributed by atoms with Gasteiger partial charge in [0.25, 0.3) is 0 Å². The second-order valence-corrected chi connectivity index (χ2v) is 9.98. The Morgan fingerprint density at radius 1 is 0.737 bits per heavy atom. The minimum atomic E-state index is -1.25. The molecule has 0 unspecified atom stereocenters. The molecular weight excluding hydrogens is 492 g/mol. The lowest BCUT2D eigenvalue weighted by Gasteiger charge is -2.31. The molecule has 0 aromatic rings. The zero-order valence-corrected chi connectivity index (χ0v) is 23.4. The van der Waals surface area contributed by atoms with E-state index in [1.807, 2.05) is 0 Å². The van der Waals surface area contributed by atoms with Gasteiger partial charge in [-0.1, -0.05) is 46.1 Å². The average Bonchev–Trinajstić information content (AvgIpc) is 3.75. The molecule has 0 bridgehead atoms. The largest absolute Gasteiger partial charge is 0.465 e. The van der Waals surface area contributed by atoms with Crippen molar-refractivity contribution >= 4 is 23.9 Å². The van der Waals surface area contributed by atoms with E-state index in [2.05, 4.69) is 31.1 Å². The fraction of sp³-hybridized carbons (Fsp3) is 0.786. The van der Waals surface area contributed by atoms with Crippen LogP contribution in [0.1, 0.15) is 78.1 Å². The van der Waals surface area contributed by atoms with E-state index in [4.69, 9.17) is 18.9 Å². The Balaban J connectivity index is 2.78. The standard InChI is InChI=1S/C28H48N2O8/c1-4-7-15-29-17-13-26(33)37-21-28(19-35-24(31)6-3,20-36-25(32)12-11-23-9-10-23)22-38-27(34)14-18-30-16-8-5-2/h6,23,29-30H,3-5,7-22H2,1-2H3. The van der Waals surface area contributed by atoms with Crippen molar-refractivity contribution in [3.8, 4) is 0 Å². The third-order valence-electron chi connectivity index (χ3n) is 6.18. The van der Waals surface area contributed by atoms with Gasteiger partial charge < -0.3 is 29.6 Å². The molecule has 0 saturated heterocycles. The minimum Gasteiger partial charge on any atom is -0.465 e. The van der Waals surface area contributed by atoms with Crippen molar-refractivity contribution in [3.05, 3.63) is 12.7 Å². The normalized spacial score (nSPS) is 13.0. The molecule has 0 aliphatic heterocycles. The van der Waals surface area contributed by atoms with Gasteiger partial charge in [0.05, 0.1) is 12.8 Å². The van der Waals surface area contributed by atoms with Crippen LogP contribution in [0.2, 0.25) is 0 Å². The molecule has 0 aromatic heterocycles. The van der Waals surface area contributed by atoms with Crippen LogP contribution in [0, 0.1) is 11.3 Å². The molecule has 1 aliphatic rings. The molecule has 0 radical (unpaired) electrons. The number of rotatable bonds is 24. The van der Waals surface area contributed by atoms with Crippen LogP contribution in [0.25, 0.3) is 0 Å². The summed E-state index contributed by atoms with van der Waals surface area (Å²) in [5.74, 6) is -1.43. The van der Waals surface area contributed by atoms with E-state index < -0.39 is 29.3 Å². The van der Waals surface area contributed by atoms with Crippen LogP contribution in [-0.4, -0.2) is 76.5 Å². The predicted octanol–water partition coefficient (Wildman–Crippen LogP) is 3.08. The first-order valence-electron chi connectivity index (χ1n) is 14.0. The van der Waals surface area contributed by atoms with Crippen molar-refractivity contribution in [2.75, 3.05) is 52.6 Å². The van der Waals surface area contributed by atoms with E-state index in [0.717, 1.165) is 64.1 Å². The number of hydrogen-bond donors (Lipinski definition) is 2. The lowest BCUT2D eigenvalue weighted by atomic mass is 9.92. The van der Waals surface area contributed by atoms with E-state index in [0.29, 0.717) is 19.0 Å². The van der Waals surface area contributed by atoms with Crippen molar-refractivity contribution in [1.29, 1.82) is 0 Å². The lowest BCUT2D eigenvalue weighted by molar-refractivity contribution is -0.169. The van der Waals surface area contributed by atoms with Crippen molar-refractivity contribution in [2.45, 2.75) is 78.1 Å². The zero-order chi connectivity index (χ0) is 28.1. The number of nitrogens with one attached hydrogen (secondary N) is 2. The maximum Gasteiger partial charge on any atom is 0.330 e. The molecule has 218 valence electrons. The maximum atomic E-state index is 12.4. The first-order valence-corrected chi connectivity index (χ1v) is 14.0. The summed E-state index contributed by atoms with van der Waals surface area (Å²) >= 11 is 0. The van der Waals surface area contributed by atoms with Crippen molar-refractivity contribution in [2.24, 2.45) is 11.3 Å². The molecule has 0 amide bonds. The van der Waals surface area contributed by atoms with Gasteiger partial charge in [0.15, 0.2) is 0 Å². The molecule has 10 nitrogen and oxygen atoms in total. The summed E-state index contributed by atoms with van der Waals surface area (Å²) in [7, 11) is 0. The van der Waals surface area contributed by atoms with Crippen LogP contribution >= 0.6 is 0 Å². The summed E-state index contributed by atoms with van der Waals surface area (Å²) in [5, 5.41) is 6.35. The first-order chi connectivity index (χ1) is 18.3. The van der Waals surface area contributed by atoms with E-state index >= 15 is 0 Å². The van der Waals surface area contributed by atoms with E-state index in [1.165, 1.54) is 0 Å². The number of carbonyl (C=O) groups excluding carboxylic acids is 4. The van der Waals surface area contributed by atoms with Crippen LogP contribution in [0.3, 0.4) is 0 Å². The molecule has 0 spiro atoms. The highest BCUT2D eigenvalue weighted by Crippen LogP contribution is 2.33. The highest BCUT2D eigenvalue weighted by atomic mass is 16.6. The average molecular weight is 541 g/mol. The summed E-state index contributed by atoms with van der Waals surface area (Å²) in [5.41, 5.74) is -1.25. The molecule has 1 rings (SSSR count). The van der Waals surface area contributed by atoms with E-state index in [9.17, 15) is 19.2 Å². The second-order valence-electron chi connectivity index (χ2n) is 9.98. The van der Waals surface area contributed by atoms with Gasteiger partial charge >= 0.3 is 23.9 Å². The number of esters is 4. The van der Waals surface area contributed by atoms with Crippen molar-refractivity contribution < 1.29 is 38.1 Å². The molecule has 10 heteroatoms. The fourth-order valence-electron chi connectivity index (χ4n) is 3.41. The van der Waals surface area contributed by atoms with Gasteiger partial charge in [0.1, 0.15) is 31.8 Å². The highest BCUT2D eigenvalue weighted by molar-refractivity contribution is 5.81. The summed E-state index contributed by atoms with van der Waals surface area (Å²) in [6.07, 6.45) is 8.73. The number of ether oxygens (including phenoxy) is 4. The molecule has 0 atom stereocenters. The van der Waals surface area contributed by atoms with Crippen LogP contribution in [-0.2, 0) is 38.1 Å². The Labute approximate surface area is 227 Å². The van der Waals surface area contributed by atoms with Gasteiger partial charge in [-0.05, 0) is 38.3 Å². The molecule has 1 aliphatic carbocycles. The molecular formula is C28H48N2O8. The van der Waals surface area contributed by atoms with Gasteiger partial charge in [-0.25, -0.2) is 4.79 Å². The van der Waals surface area contributed by atoms with Gasteiger partial charge in [-0.2, -0.15) is 0 Å². The molecule has 2 N–H and O–H groups in total. The van der Waals surface area contributed by atoms with Gasteiger partial charge in [0.2, 0.25) is 0 Å². The highest BCUT2D eigenvalue weighted by Gasteiger charge is 2.38. The van der Waals surface area contributed by atoms with Crippen LogP contribution in [0.4, 0.5) is 0 Å². The Morgan fingerprint density at radius 2 is 1.18 bits per heavy atom. The van der Waals surface area contributed by atoms with Crippen LogP contribution < -0.4 is 10.6 Å². The summed E-state index contributed by atoms with van der Waals surface area (Å²) < 4.78 is 21.7. The monoisotopic (exact) mass is 540 g/mol. The lowest BCUT2D eigenvalue weighted by Crippen LogP contribution is -2.44. The molecule has 1 saturated carbocycles. The van der Waals surface area contributed by atoms with Crippen LogP contribution in [0.15, 0.2) is 12.7 Å². The molecule has 1 fully saturated rings. The molecule has 0 aromatic carbocycles. The third kappa shape index (κ3) is 17.1. The summed E-state index contributed by atoms with van der Waals surface area (Å²) in [6, 6.07) is 0. The Morgan fingerprint density at radius 3 is 1.61 bits per heavy atom. The SMILES string of the molecule is C=CC(=O)OCC(COC(=O)CCNCCCC)(COC(=O)CCNCCCC)COC(=O)CCC1CC1. The molecule has 0 heterocycles. The smallest absolute Gasteiger partial charge is 0.330 e. The van der Waals surface area contributed by atoms with Gasteiger partial charge in [0, 0.05) is 25.6 Å².